The number of hydrogen-bond donors (Lipinski definition) is 0. The van der Waals surface area contributed by atoms with Crippen LogP contribution in [-0.4, -0.2) is 69.1 Å². The molecule has 0 spiro atoms. The molecule has 3 aromatic heterocycles. The zero-order valence-corrected chi connectivity index (χ0v) is 26.2. The van der Waals surface area contributed by atoms with Gasteiger partial charge in [-0.15, -0.1) is 0 Å². The van der Waals surface area contributed by atoms with Crippen molar-refractivity contribution in [1.82, 2.24) is 29.3 Å². The third-order valence-electron chi connectivity index (χ3n) is 7.06. The lowest BCUT2D eigenvalue weighted by atomic mass is 10.2. The van der Waals surface area contributed by atoms with Crippen LogP contribution >= 0.6 is 6.49 Å². The van der Waals surface area contributed by atoms with Crippen LogP contribution in [0.15, 0.2) is 124 Å². The van der Waals surface area contributed by atoms with Crippen molar-refractivity contribution in [2.24, 2.45) is 15.3 Å². The number of rotatable bonds is 9. The summed E-state index contributed by atoms with van der Waals surface area (Å²) in [5.41, 5.74) is 4.84. The normalized spacial score (nSPS) is 12.2. The molecular weight excluding hydrogens is 585 g/mol. The minimum atomic E-state index is -2.89. The van der Waals surface area contributed by atoms with Crippen molar-refractivity contribution in [3.8, 4) is 0 Å². The predicted octanol–water partition coefficient (Wildman–Crippen LogP) is 6.75. The third kappa shape index (κ3) is 6.17. The lowest BCUT2D eigenvalue weighted by Crippen LogP contribution is -2.29. The second kappa shape index (κ2) is 12.7. The molecular formula is C33H30N9PS. The van der Waals surface area contributed by atoms with Gasteiger partial charge in [0.2, 0.25) is 0 Å². The van der Waals surface area contributed by atoms with Gasteiger partial charge >= 0.3 is 0 Å². The number of para-hydroxylation sites is 3. The molecule has 0 saturated heterocycles. The molecule has 0 bridgehead atoms. The molecule has 0 aliphatic rings. The van der Waals surface area contributed by atoms with Gasteiger partial charge in [0.25, 0.3) is 6.49 Å². The van der Waals surface area contributed by atoms with E-state index in [1.54, 1.807) is 33.0 Å². The zero-order chi connectivity index (χ0) is 30.5. The van der Waals surface area contributed by atoms with Gasteiger partial charge in [0, 0.05) is 37.3 Å². The Balaban J connectivity index is 1.31. The van der Waals surface area contributed by atoms with Crippen LogP contribution in [0.3, 0.4) is 0 Å². The lowest BCUT2D eigenvalue weighted by Gasteiger charge is -2.39. The molecule has 9 nitrogen and oxygen atoms in total. The average molecular weight is 616 g/mol. The highest BCUT2D eigenvalue weighted by molar-refractivity contribution is 8.11. The fraction of sp³-hybridized carbons (Fsp3) is 0.0909. The Kier molecular flexibility index (Phi) is 8.36. The van der Waals surface area contributed by atoms with Crippen LogP contribution in [0, 0.1) is 0 Å². The van der Waals surface area contributed by atoms with E-state index in [0.717, 1.165) is 49.8 Å². The molecule has 218 valence electrons. The molecule has 0 aliphatic carbocycles. The van der Waals surface area contributed by atoms with Crippen molar-refractivity contribution in [2.75, 3.05) is 21.1 Å². The van der Waals surface area contributed by atoms with Gasteiger partial charge in [0.15, 0.2) is 0 Å². The fourth-order valence-corrected chi connectivity index (χ4v) is 6.72. The van der Waals surface area contributed by atoms with E-state index >= 15 is 0 Å². The van der Waals surface area contributed by atoms with Gasteiger partial charge in [-0.05, 0) is 48.2 Å². The third-order valence-corrected chi connectivity index (χ3v) is 11.8. The Morgan fingerprint density at radius 3 is 1.09 bits per heavy atom. The Morgan fingerprint density at radius 1 is 0.477 bits per heavy atom. The standard InChI is InChI=1S/C33H30N9PS/c1-40(34-22-28-19-16-25-10-4-7-13-31(25)37-28)43(44,41(2)35-23-29-20-17-26-11-5-8-14-32(26)38-29)42(3)36-24-30-21-18-27-12-6-9-15-33(27)39-30/h4-24H,1-3H3/b34-22+,35-23+,36-24+. The smallest absolute Gasteiger partial charge is 0.247 e. The SMILES string of the molecule is CN(/N=C/c1ccc2ccccc2n1)P(=S)(N(C)/N=C/c1ccc2ccccc2n1)N(C)/N=C/c1ccc2ccccc2n1. The fourth-order valence-electron chi connectivity index (χ4n) is 4.65. The summed E-state index contributed by atoms with van der Waals surface area (Å²) in [6.07, 6.45) is 5.12. The molecule has 0 amide bonds. The summed E-state index contributed by atoms with van der Waals surface area (Å²) >= 11 is 6.33. The number of pyridine rings is 3. The van der Waals surface area contributed by atoms with E-state index in [9.17, 15) is 0 Å². The van der Waals surface area contributed by atoms with Gasteiger partial charge < -0.3 is 0 Å². The highest BCUT2D eigenvalue weighted by Crippen LogP contribution is 2.55. The Bertz CT molecular complexity index is 1860. The minimum absolute atomic E-state index is 0.718. The highest BCUT2D eigenvalue weighted by atomic mass is 32.4. The van der Waals surface area contributed by atoms with Crippen molar-refractivity contribution in [3.05, 3.63) is 126 Å². The number of hydrogen-bond acceptors (Lipinski definition) is 7. The van der Waals surface area contributed by atoms with Gasteiger partial charge in [-0.1, -0.05) is 72.8 Å². The topological polar surface area (TPSA) is 85.5 Å². The molecule has 0 unspecified atom stereocenters. The molecule has 44 heavy (non-hydrogen) atoms. The lowest BCUT2D eigenvalue weighted by molar-refractivity contribution is 0.417. The van der Waals surface area contributed by atoms with E-state index in [-0.39, 0.29) is 0 Å². The molecule has 11 heteroatoms. The van der Waals surface area contributed by atoms with E-state index in [2.05, 4.69) is 0 Å². The summed E-state index contributed by atoms with van der Waals surface area (Å²) in [5.74, 6) is 0. The largest absolute Gasteiger partial charge is 0.265 e. The molecule has 0 N–H and O–H groups in total. The van der Waals surface area contributed by atoms with Crippen LogP contribution in [0.2, 0.25) is 0 Å². The zero-order valence-electron chi connectivity index (χ0n) is 24.5. The number of aromatic nitrogens is 3. The second-order valence-corrected chi connectivity index (χ2v) is 14.2. The van der Waals surface area contributed by atoms with Gasteiger partial charge in [-0.25, -0.2) is 29.3 Å². The van der Waals surface area contributed by atoms with Gasteiger partial charge in [0.1, 0.15) is 0 Å². The summed E-state index contributed by atoms with van der Waals surface area (Å²) < 4.78 is 5.20. The molecule has 6 aromatic rings. The van der Waals surface area contributed by atoms with Crippen molar-refractivity contribution >= 4 is 69.6 Å². The van der Waals surface area contributed by atoms with Crippen molar-refractivity contribution < 1.29 is 0 Å². The molecule has 6 rings (SSSR count). The summed E-state index contributed by atoms with van der Waals surface area (Å²) in [6.45, 7) is -2.89. The number of benzene rings is 3. The molecule has 0 fully saturated rings. The molecule has 0 saturated carbocycles. The first-order chi connectivity index (χ1) is 21.4. The van der Waals surface area contributed by atoms with E-state index in [1.807, 2.05) is 130 Å². The van der Waals surface area contributed by atoms with E-state index in [4.69, 9.17) is 42.1 Å². The van der Waals surface area contributed by atoms with Crippen molar-refractivity contribution in [1.29, 1.82) is 0 Å². The minimum Gasteiger partial charge on any atom is -0.247 e. The maximum atomic E-state index is 6.33. The summed E-state index contributed by atoms with van der Waals surface area (Å²) in [5, 5.41) is 17.4. The quantitative estimate of drug-likeness (QED) is 0.101. The van der Waals surface area contributed by atoms with Crippen LogP contribution in [-0.2, 0) is 11.8 Å². The van der Waals surface area contributed by atoms with Crippen LogP contribution in [0.1, 0.15) is 17.1 Å². The Morgan fingerprint density at radius 2 is 0.773 bits per heavy atom. The Labute approximate surface area is 261 Å². The highest BCUT2D eigenvalue weighted by Gasteiger charge is 2.32. The molecule has 0 aliphatic heterocycles. The monoisotopic (exact) mass is 615 g/mol. The van der Waals surface area contributed by atoms with Gasteiger partial charge in [-0.2, -0.15) is 15.3 Å². The molecule has 0 radical (unpaired) electrons. The van der Waals surface area contributed by atoms with Crippen molar-refractivity contribution in [3.63, 3.8) is 0 Å². The van der Waals surface area contributed by atoms with Crippen LogP contribution in [0.25, 0.3) is 32.7 Å². The van der Waals surface area contributed by atoms with Crippen LogP contribution in [0.5, 0.6) is 0 Å². The first-order valence-corrected chi connectivity index (χ1v) is 16.6. The number of fused-ring (bicyclic) bond motifs is 3. The second-order valence-electron chi connectivity index (χ2n) is 10.0. The van der Waals surface area contributed by atoms with E-state index in [0.29, 0.717) is 0 Å². The van der Waals surface area contributed by atoms with Gasteiger partial charge in [0.05, 0.1) is 52.3 Å². The molecule has 0 atom stereocenters. The van der Waals surface area contributed by atoms with Crippen LogP contribution in [0.4, 0.5) is 0 Å². The summed E-state index contributed by atoms with van der Waals surface area (Å²) in [7, 11) is 5.50. The van der Waals surface area contributed by atoms with Gasteiger partial charge in [-0.3, -0.25) is 0 Å². The van der Waals surface area contributed by atoms with Crippen LogP contribution < -0.4 is 0 Å². The average Bonchev–Trinajstić information content (AvgIpc) is 3.07. The maximum absolute atomic E-state index is 6.33. The summed E-state index contributed by atoms with van der Waals surface area (Å²) in [4.78, 5) is 14.2. The maximum Gasteiger partial charge on any atom is 0.265 e. The molecule has 3 heterocycles. The first kappa shape index (κ1) is 29.0. The predicted molar refractivity (Wildman–Crippen MR) is 186 cm³/mol. The first-order valence-electron chi connectivity index (χ1n) is 13.9. The van der Waals surface area contributed by atoms with E-state index in [1.165, 1.54) is 0 Å². The summed E-state index contributed by atoms with van der Waals surface area (Å²) in [6, 6.07) is 35.8. The Hall–Kier alpha value is -5.05. The van der Waals surface area contributed by atoms with Crippen molar-refractivity contribution in [2.45, 2.75) is 0 Å². The molecule has 3 aromatic carbocycles. The number of nitrogens with zero attached hydrogens (tertiary/aromatic N) is 9. The van der Waals surface area contributed by atoms with E-state index < -0.39 is 6.49 Å². The number of hydrazone groups is 3.